The third-order valence-electron chi connectivity index (χ3n) is 4.27. The molecule has 1 amide bonds. The Morgan fingerprint density at radius 3 is 2.11 bits per heavy atom. The molecule has 3 aromatic rings. The largest absolute Gasteiger partial charge is 0.497 e. The van der Waals surface area contributed by atoms with Crippen LogP contribution in [0, 0.1) is 0 Å². The van der Waals surface area contributed by atoms with Crippen LogP contribution in [0.25, 0.3) is 11.3 Å². The predicted octanol–water partition coefficient (Wildman–Crippen LogP) is 4.54. The quantitative estimate of drug-likeness (QED) is 0.620. The molecule has 0 atom stereocenters. The van der Waals surface area contributed by atoms with Gasteiger partial charge < -0.3 is 23.9 Å². The van der Waals surface area contributed by atoms with Gasteiger partial charge in [-0.3, -0.25) is 4.79 Å². The van der Waals surface area contributed by atoms with Gasteiger partial charge in [-0.25, -0.2) is 0 Å². The number of furan rings is 1. The van der Waals surface area contributed by atoms with E-state index in [1.807, 2.05) is 36.4 Å². The van der Waals surface area contributed by atoms with Gasteiger partial charge in [0, 0.05) is 42.3 Å². The van der Waals surface area contributed by atoms with Crippen molar-refractivity contribution in [2.45, 2.75) is 12.8 Å². The van der Waals surface area contributed by atoms with Crippen LogP contribution in [0.3, 0.4) is 0 Å². The zero-order valence-electron chi connectivity index (χ0n) is 16.2. The van der Waals surface area contributed by atoms with Crippen molar-refractivity contribution in [2.24, 2.45) is 0 Å². The van der Waals surface area contributed by atoms with Gasteiger partial charge in [0.1, 0.15) is 28.8 Å². The summed E-state index contributed by atoms with van der Waals surface area (Å²) in [4.78, 5) is 12.3. The van der Waals surface area contributed by atoms with Gasteiger partial charge in [-0.05, 0) is 36.4 Å². The van der Waals surface area contributed by atoms with Gasteiger partial charge >= 0.3 is 0 Å². The Kier molecular flexibility index (Phi) is 6.22. The van der Waals surface area contributed by atoms with E-state index in [9.17, 15) is 4.79 Å². The molecule has 146 valence electrons. The molecule has 1 heterocycles. The van der Waals surface area contributed by atoms with Crippen LogP contribution in [0.15, 0.2) is 59.0 Å². The van der Waals surface area contributed by atoms with Crippen LogP contribution in [0.2, 0.25) is 0 Å². The second kappa shape index (κ2) is 8.99. The molecule has 3 rings (SSSR count). The van der Waals surface area contributed by atoms with Crippen LogP contribution in [0.5, 0.6) is 17.2 Å². The summed E-state index contributed by atoms with van der Waals surface area (Å²) in [5.74, 6) is 3.42. The fourth-order valence-corrected chi connectivity index (χ4v) is 2.76. The van der Waals surface area contributed by atoms with E-state index in [0.717, 1.165) is 22.8 Å². The van der Waals surface area contributed by atoms with Crippen LogP contribution in [-0.4, -0.2) is 27.2 Å². The maximum Gasteiger partial charge on any atom is 0.224 e. The lowest BCUT2D eigenvalue weighted by molar-refractivity contribution is -0.116. The standard InChI is InChI=1S/C22H23NO5/c1-25-17-6-4-15(5-7-17)21-10-8-18(28-21)9-11-22(24)23-16-12-19(26-2)14-20(13-16)27-3/h4-8,10,12-14H,9,11H2,1-3H3,(H,23,24). The van der Waals surface area contributed by atoms with E-state index in [1.165, 1.54) is 0 Å². The Bertz CT molecular complexity index is 908. The van der Waals surface area contributed by atoms with Crippen LogP contribution in [0.4, 0.5) is 5.69 Å². The Morgan fingerprint density at radius 1 is 0.857 bits per heavy atom. The topological polar surface area (TPSA) is 69.9 Å². The number of hydrogen-bond acceptors (Lipinski definition) is 5. The zero-order valence-corrected chi connectivity index (χ0v) is 16.2. The van der Waals surface area contributed by atoms with Gasteiger partial charge in [-0.15, -0.1) is 0 Å². The number of carbonyl (C=O) groups excluding carboxylic acids is 1. The molecule has 1 aromatic heterocycles. The van der Waals surface area contributed by atoms with Crippen molar-refractivity contribution in [3.8, 4) is 28.6 Å². The third-order valence-corrected chi connectivity index (χ3v) is 4.27. The minimum Gasteiger partial charge on any atom is -0.497 e. The zero-order chi connectivity index (χ0) is 19.9. The van der Waals surface area contributed by atoms with Gasteiger partial charge in [-0.1, -0.05) is 0 Å². The molecule has 0 unspecified atom stereocenters. The molecule has 28 heavy (non-hydrogen) atoms. The summed E-state index contributed by atoms with van der Waals surface area (Å²) in [6.45, 7) is 0. The Hall–Kier alpha value is -3.41. The number of anilines is 1. The number of ether oxygens (including phenoxy) is 3. The monoisotopic (exact) mass is 381 g/mol. The van der Waals surface area contributed by atoms with E-state index in [2.05, 4.69) is 5.32 Å². The molecule has 1 N–H and O–H groups in total. The number of benzene rings is 2. The lowest BCUT2D eigenvalue weighted by Crippen LogP contribution is -2.12. The summed E-state index contributed by atoms with van der Waals surface area (Å²) in [6.07, 6.45) is 0.804. The first-order valence-corrected chi connectivity index (χ1v) is 8.87. The molecule has 0 saturated carbocycles. The highest BCUT2D eigenvalue weighted by atomic mass is 16.5. The molecule has 0 bridgehead atoms. The van der Waals surface area contributed by atoms with Crippen molar-refractivity contribution < 1.29 is 23.4 Å². The average Bonchev–Trinajstić information content (AvgIpc) is 3.21. The molecule has 2 aromatic carbocycles. The number of hydrogen-bond donors (Lipinski definition) is 1. The molecule has 0 saturated heterocycles. The van der Waals surface area contributed by atoms with Crippen molar-refractivity contribution >= 4 is 11.6 Å². The highest BCUT2D eigenvalue weighted by molar-refractivity contribution is 5.91. The van der Waals surface area contributed by atoms with Gasteiger partial charge in [0.05, 0.1) is 21.3 Å². The number of aryl methyl sites for hydroxylation is 1. The fourth-order valence-electron chi connectivity index (χ4n) is 2.76. The number of amides is 1. The van der Waals surface area contributed by atoms with E-state index in [-0.39, 0.29) is 5.91 Å². The molecule has 6 nitrogen and oxygen atoms in total. The minimum atomic E-state index is -0.113. The first kappa shape index (κ1) is 19.4. The van der Waals surface area contributed by atoms with Crippen molar-refractivity contribution in [1.29, 1.82) is 0 Å². The Morgan fingerprint density at radius 2 is 1.50 bits per heavy atom. The molecule has 0 fully saturated rings. The second-order valence-corrected chi connectivity index (χ2v) is 6.14. The second-order valence-electron chi connectivity index (χ2n) is 6.14. The lowest BCUT2D eigenvalue weighted by atomic mass is 10.2. The number of methoxy groups -OCH3 is 3. The molecule has 0 aliphatic carbocycles. The number of carbonyl (C=O) groups is 1. The van der Waals surface area contributed by atoms with Crippen LogP contribution < -0.4 is 19.5 Å². The van der Waals surface area contributed by atoms with E-state index in [4.69, 9.17) is 18.6 Å². The summed E-state index contributed by atoms with van der Waals surface area (Å²) in [6, 6.07) is 16.7. The first-order chi connectivity index (χ1) is 13.6. The van der Waals surface area contributed by atoms with Crippen molar-refractivity contribution in [3.05, 3.63) is 60.4 Å². The van der Waals surface area contributed by atoms with Crippen molar-refractivity contribution in [3.63, 3.8) is 0 Å². The highest BCUT2D eigenvalue weighted by Gasteiger charge is 2.10. The van der Waals surface area contributed by atoms with E-state index in [1.54, 1.807) is 39.5 Å². The van der Waals surface area contributed by atoms with Crippen molar-refractivity contribution in [1.82, 2.24) is 0 Å². The first-order valence-electron chi connectivity index (χ1n) is 8.87. The van der Waals surface area contributed by atoms with E-state index < -0.39 is 0 Å². The van der Waals surface area contributed by atoms with E-state index in [0.29, 0.717) is 30.0 Å². The summed E-state index contributed by atoms with van der Waals surface area (Å²) in [5, 5.41) is 2.86. The van der Waals surface area contributed by atoms with Gasteiger partial charge in [-0.2, -0.15) is 0 Å². The molecular formula is C22H23NO5. The molecule has 0 aliphatic heterocycles. The normalized spacial score (nSPS) is 10.4. The summed E-state index contributed by atoms with van der Waals surface area (Å²) < 4.78 is 21.4. The van der Waals surface area contributed by atoms with Gasteiger partial charge in [0.15, 0.2) is 0 Å². The smallest absolute Gasteiger partial charge is 0.224 e. The highest BCUT2D eigenvalue weighted by Crippen LogP contribution is 2.27. The SMILES string of the molecule is COc1ccc(-c2ccc(CCC(=O)Nc3cc(OC)cc(OC)c3)o2)cc1. The Balaban J connectivity index is 1.58. The molecule has 0 aliphatic rings. The molecule has 0 radical (unpaired) electrons. The molecule has 6 heteroatoms. The third kappa shape index (κ3) is 4.85. The predicted molar refractivity (Wildman–Crippen MR) is 107 cm³/mol. The number of rotatable bonds is 8. The van der Waals surface area contributed by atoms with Gasteiger partial charge in [0.25, 0.3) is 0 Å². The molecule has 0 spiro atoms. The van der Waals surface area contributed by atoms with Crippen LogP contribution in [0.1, 0.15) is 12.2 Å². The summed E-state index contributed by atoms with van der Waals surface area (Å²) >= 11 is 0. The van der Waals surface area contributed by atoms with Gasteiger partial charge in [0.2, 0.25) is 5.91 Å². The number of nitrogens with one attached hydrogen (secondary N) is 1. The maximum atomic E-state index is 12.3. The van der Waals surface area contributed by atoms with E-state index >= 15 is 0 Å². The van der Waals surface area contributed by atoms with Crippen LogP contribution in [-0.2, 0) is 11.2 Å². The lowest BCUT2D eigenvalue weighted by Gasteiger charge is -2.09. The van der Waals surface area contributed by atoms with Crippen molar-refractivity contribution in [2.75, 3.05) is 26.6 Å². The maximum absolute atomic E-state index is 12.3. The fraction of sp³-hybridized carbons (Fsp3) is 0.227. The minimum absolute atomic E-state index is 0.113. The summed E-state index contributed by atoms with van der Waals surface area (Å²) in [7, 11) is 4.77. The van der Waals surface area contributed by atoms with Crippen LogP contribution >= 0.6 is 0 Å². The Labute approximate surface area is 164 Å². The summed E-state index contributed by atoms with van der Waals surface area (Å²) in [5.41, 5.74) is 1.58. The molecular weight excluding hydrogens is 358 g/mol. The average molecular weight is 381 g/mol.